The molecule has 0 amide bonds. The van der Waals surface area contributed by atoms with Crippen molar-refractivity contribution >= 4 is 5.97 Å². The van der Waals surface area contributed by atoms with E-state index >= 15 is 0 Å². The maximum absolute atomic E-state index is 12.4. The van der Waals surface area contributed by atoms with E-state index in [1.54, 1.807) is 0 Å². The fourth-order valence-electron chi connectivity index (χ4n) is 4.25. The molecule has 22 heavy (non-hydrogen) atoms. The molecule has 0 saturated carbocycles. The molecule has 4 N–H and O–H groups in total. The van der Waals surface area contributed by atoms with Gasteiger partial charge in [-0.1, -0.05) is 48.5 Å². The van der Waals surface area contributed by atoms with E-state index in [1.165, 1.54) is 7.11 Å². The van der Waals surface area contributed by atoms with Gasteiger partial charge >= 0.3 is 5.97 Å². The minimum Gasteiger partial charge on any atom is -0.469 e. The predicted octanol–water partition coefficient (Wildman–Crippen LogP) is 1.60. The van der Waals surface area contributed by atoms with Gasteiger partial charge in [0.25, 0.3) is 0 Å². The van der Waals surface area contributed by atoms with Gasteiger partial charge in [0.2, 0.25) is 0 Å². The number of carbonyl (C=O) groups excluding carboxylic acids is 1. The second kappa shape index (κ2) is 4.18. The topological polar surface area (TPSA) is 78.3 Å². The van der Waals surface area contributed by atoms with Gasteiger partial charge < -0.3 is 16.2 Å². The fourth-order valence-corrected chi connectivity index (χ4v) is 4.25. The molecule has 0 radical (unpaired) electrons. The molecule has 5 rings (SSSR count). The van der Waals surface area contributed by atoms with Crippen LogP contribution in [0.1, 0.15) is 28.7 Å². The van der Waals surface area contributed by atoms with E-state index in [2.05, 4.69) is 0 Å². The Balaban J connectivity index is 2.10. The Morgan fingerprint density at radius 1 is 1.00 bits per heavy atom. The van der Waals surface area contributed by atoms with Gasteiger partial charge in [0.1, 0.15) is 0 Å². The Labute approximate surface area is 129 Å². The number of methoxy groups -OCH3 is 1. The number of rotatable bonds is 1. The smallest absolute Gasteiger partial charge is 0.311 e. The first kappa shape index (κ1) is 13.5. The third-order valence-corrected chi connectivity index (χ3v) is 5.27. The van der Waals surface area contributed by atoms with Gasteiger partial charge in [-0.15, -0.1) is 0 Å². The highest BCUT2D eigenvalue weighted by molar-refractivity contribution is 5.80. The first-order valence-corrected chi connectivity index (χ1v) is 7.39. The SMILES string of the molecule is COC(=O)C1CC2(N)c3ccccc3C1(N)c1ccccc12. The van der Waals surface area contributed by atoms with Crippen LogP contribution in [0.4, 0.5) is 0 Å². The highest BCUT2D eigenvalue weighted by Crippen LogP contribution is 2.57. The Morgan fingerprint density at radius 2 is 1.45 bits per heavy atom. The van der Waals surface area contributed by atoms with E-state index in [-0.39, 0.29) is 5.97 Å². The molecule has 0 spiro atoms. The summed E-state index contributed by atoms with van der Waals surface area (Å²) in [4.78, 5) is 12.4. The number of carbonyl (C=O) groups is 1. The number of hydrogen-bond donors (Lipinski definition) is 2. The lowest BCUT2D eigenvalue weighted by atomic mass is 9.52. The molecule has 0 aliphatic heterocycles. The summed E-state index contributed by atoms with van der Waals surface area (Å²) >= 11 is 0. The second-order valence-electron chi connectivity index (χ2n) is 6.21. The molecular weight excluding hydrogens is 276 g/mol. The second-order valence-corrected chi connectivity index (χ2v) is 6.21. The van der Waals surface area contributed by atoms with Crippen molar-refractivity contribution in [2.75, 3.05) is 7.11 Å². The number of hydrogen-bond acceptors (Lipinski definition) is 4. The number of ether oxygens (including phenoxy) is 1. The summed E-state index contributed by atoms with van der Waals surface area (Å²) in [6.07, 6.45) is 0.463. The molecule has 0 fully saturated rings. The van der Waals surface area contributed by atoms with E-state index in [0.717, 1.165) is 22.3 Å². The maximum atomic E-state index is 12.4. The summed E-state index contributed by atoms with van der Waals surface area (Å²) in [5, 5.41) is 0. The maximum Gasteiger partial charge on any atom is 0.311 e. The standard InChI is InChI=1S/C18H18N2O2/c1-22-16(21)15-10-17(19)11-6-2-4-8-13(11)18(15,20)14-9-5-3-7-12(14)17/h2-9,15H,10,19-20H2,1H3. The molecule has 4 heteroatoms. The van der Waals surface area contributed by atoms with Crippen LogP contribution >= 0.6 is 0 Å². The van der Waals surface area contributed by atoms with Gasteiger partial charge in [0, 0.05) is 0 Å². The van der Waals surface area contributed by atoms with Crippen LogP contribution in [0.3, 0.4) is 0 Å². The van der Waals surface area contributed by atoms with Crippen LogP contribution < -0.4 is 11.5 Å². The van der Waals surface area contributed by atoms with Crippen molar-refractivity contribution < 1.29 is 9.53 Å². The van der Waals surface area contributed by atoms with Crippen molar-refractivity contribution in [3.05, 3.63) is 70.8 Å². The minimum absolute atomic E-state index is 0.304. The Bertz CT molecular complexity index is 737. The summed E-state index contributed by atoms with van der Waals surface area (Å²) in [6.45, 7) is 0. The summed E-state index contributed by atoms with van der Waals surface area (Å²) < 4.78 is 5.01. The van der Waals surface area contributed by atoms with E-state index in [9.17, 15) is 4.79 Å². The van der Waals surface area contributed by atoms with Gasteiger partial charge in [-0.25, -0.2) is 0 Å². The third kappa shape index (κ3) is 1.36. The number of fused-ring (bicyclic) bond motifs is 1. The first-order valence-electron chi connectivity index (χ1n) is 7.39. The van der Waals surface area contributed by atoms with Crippen molar-refractivity contribution in [2.24, 2.45) is 17.4 Å². The van der Waals surface area contributed by atoms with Gasteiger partial charge in [-0.2, -0.15) is 0 Å². The predicted molar refractivity (Wildman–Crippen MR) is 82.9 cm³/mol. The van der Waals surface area contributed by atoms with Crippen molar-refractivity contribution in [3.8, 4) is 0 Å². The number of esters is 1. The molecule has 0 heterocycles. The quantitative estimate of drug-likeness (QED) is 0.783. The molecule has 112 valence electrons. The normalized spacial score (nSPS) is 31.3. The Morgan fingerprint density at radius 3 is 1.91 bits per heavy atom. The first-order chi connectivity index (χ1) is 10.5. The lowest BCUT2D eigenvalue weighted by Gasteiger charge is -2.55. The van der Waals surface area contributed by atoms with E-state index in [1.807, 2.05) is 48.5 Å². The number of nitrogens with two attached hydrogens (primary N) is 2. The van der Waals surface area contributed by atoms with Gasteiger partial charge in [-0.05, 0) is 28.7 Å². The third-order valence-electron chi connectivity index (χ3n) is 5.27. The molecular formula is C18H18N2O2. The molecule has 2 aromatic rings. The molecule has 0 aromatic heterocycles. The summed E-state index contributed by atoms with van der Waals surface area (Å²) in [5.41, 5.74) is 15.9. The van der Waals surface area contributed by atoms with Crippen molar-refractivity contribution in [3.63, 3.8) is 0 Å². The zero-order chi connectivity index (χ0) is 15.5. The Kier molecular flexibility index (Phi) is 2.56. The fraction of sp³-hybridized carbons (Fsp3) is 0.278. The highest BCUT2D eigenvalue weighted by atomic mass is 16.5. The molecule has 1 atom stereocenters. The number of benzene rings is 2. The zero-order valence-electron chi connectivity index (χ0n) is 12.4. The van der Waals surface area contributed by atoms with Crippen LogP contribution in [-0.4, -0.2) is 13.1 Å². The van der Waals surface area contributed by atoms with Crippen molar-refractivity contribution in [2.45, 2.75) is 17.5 Å². The molecule has 0 saturated heterocycles. The van der Waals surface area contributed by atoms with Gasteiger partial charge in [-0.3, -0.25) is 4.79 Å². The lowest BCUT2D eigenvalue weighted by molar-refractivity contribution is -0.149. The van der Waals surface area contributed by atoms with E-state index in [4.69, 9.17) is 16.2 Å². The van der Waals surface area contributed by atoms with E-state index in [0.29, 0.717) is 6.42 Å². The molecule has 4 nitrogen and oxygen atoms in total. The molecule has 2 bridgehead atoms. The molecule has 3 aliphatic carbocycles. The van der Waals surface area contributed by atoms with Crippen LogP contribution in [0.15, 0.2) is 48.5 Å². The molecule has 1 unspecified atom stereocenters. The zero-order valence-corrected chi connectivity index (χ0v) is 12.4. The van der Waals surface area contributed by atoms with E-state index < -0.39 is 17.0 Å². The lowest BCUT2D eigenvalue weighted by Crippen LogP contribution is -2.63. The monoisotopic (exact) mass is 294 g/mol. The highest BCUT2D eigenvalue weighted by Gasteiger charge is 2.60. The van der Waals surface area contributed by atoms with Crippen LogP contribution in [0.25, 0.3) is 0 Å². The average molecular weight is 294 g/mol. The molecule has 3 aliphatic rings. The van der Waals surface area contributed by atoms with Crippen LogP contribution in [0, 0.1) is 5.92 Å². The van der Waals surface area contributed by atoms with Gasteiger partial charge in [0.15, 0.2) is 0 Å². The van der Waals surface area contributed by atoms with Crippen LogP contribution in [-0.2, 0) is 20.6 Å². The van der Waals surface area contributed by atoms with Crippen molar-refractivity contribution in [1.29, 1.82) is 0 Å². The Hall–Kier alpha value is -2.17. The largest absolute Gasteiger partial charge is 0.469 e. The van der Waals surface area contributed by atoms with Crippen molar-refractivity contribution in [1.82, 2.24) is 0 Å². The average Bonchev–Trinajstić information content (AvgIpc) is 2.57. The van der Waals surface area contributed by atoms with Crippen LogP contribution in [0.5, 0.6) is 0 Å². The van der Waals surface area contributed by atoms with Crippen LogP contribution in [0.2, 0.25) is 0 Å². The molecule has 2 aromatic carbocycles. The summed E-state index contributed by atoms with van der Waals surface area (Å²) in [7, 11) is 1.40. The summed E-state index contributed by atoms with van der Waals surface area (Å²) in [5.74, 6) is -0.784. The van der Waals surface area contributed by atoms with Gasteiger partial charge in [0.05, 0.1) is 24.1 Å². The minimum atomic E-state index is -0.887. The summed E-state index contributed by atoms with van der Waals surface area (Å²) in [6, 6.07) is 15.8.